The Kier molecular flexibility index (Phi) is 4.08. The Morgan fingerprint density at radius 1 is 1.21 bits per heavy atom. The number of oxazole rings is 1. The minimum absolute atomic E-state index is 0.0342. The average molecular weight is 381 g/mol. The van der Waals surface area contributed by atoms with Gasteiger partial charge in [-0.1, -0.05) is 12.1 Å². The van der Waals surface area contributed by atoms with Crippen molar-refractivity contribution >= 4 is 22.8 Å². The lowest BCUT2D eigenvalue weighted by Crippen LogP contribution is -2.33. The lowest BCUT2D eigenvalue weighted by atomic mass is 9.94. The van der Waals surface area contributed by atoms with Crippen LogP contribution in [0.15, 0.2) is 39.7 Å². The summed E-state index contributed by atoms with van der Waals surface area (Å²) in [6.45, 7) is 2.44. The molecule has 28 heavy (non-hydrogen) atoms. The van der Waals surface area contributed by atoms with Gasteiger partial charge >= 0.3 is 5.76 Å². The first-order chi connectivity index (χ1) is 13.6. The number of fused-ring (bicyclic) bond motifs is 2. The number of rotatable bonds is 3. The molecule has 0 spiro atoms. The number of carbonyl (C=O) groups is 1. The quantitative estimate of drug-likeness (QED) is 0.752. The first kappa shape index (κ1) is 17.2. The maximum atomic E-state index is 12.4. The molecule has 0 radical (unpaired) electrons. The van der Waals surface area contributed by atoms with Gasteiger partial charge in [-0.25, -0.2) is 9.48 Å². The molecule has 1 amide bonds. The van der Waals surface area contributed by atoms with Crippen molar-refractivity contribution in [2.45, 2.75) is 37.8 Å². The molecule has 1 saturated heterocycles. The summed E-state index contributed by atoms with van der Waals surface area (Å²) in [5, 5.41) is 7.63. The Morgan fingerprint density at radius 2 is 2.00 bits per heavy atom. The van der Waals surface area contributed by atoms with Crippen molar-refractivity contribution in [1.82, 2.24) is 19.2 Å². The second-order valence-corrected chi connectivity index (χ2v) is 7.82. The summed E-state index contributed by atoms with van der Waals surface area (Å²) in [6, 6.07) is 7.66. The zero-order valence-electron chi connectivity index (χ0n) is 15.8. The van der Waals surface area contributed by atoms with Crippen LogP contribution < -0.4 is 11.1 Å². The second-order valence-electron chi connectivity index (χ2n) is 7.82. The molecule has 8 nitrogen and oxygen atoms in total. The molecule has 0 aliphatic carbocycles. The smallest absolute Gasteiger partial charge is 0.408 e. The summed E-state index contributed by atoms with van der Waals surface area (Å²) < 4.78 is 8.94. The van der Waals surface area contributed by atoms with Crippen molar-refractivity contribution < 1.29 is 9.21 Å². The van der Waals surface area contributed by atoms with Crippen molar-refractivity contribution in [1.29, 1.82) is 0 Å². The molecule has 1 atom stereocenters. The van der Waals surface area contributed by atoms with Gasteiger partial charge in [0.15, 0.2) is 5.58 Å². The van der Waals surface area contributed by atoms with Crippen molar-refractivity contribution in [3.63, 3.8) is 0 Å². The highest BCUT2D eigenvalue weighted by Crippen LogP contribution is 2.36. The third-order valence-electron chi connectivity index (χ3n) is 5.96. The lowest BCUT2D eigenvalue weighted by Gasteiger charge is -2.31. The van der Waals surface area contributed by atoms with E-state index in [-0.39, 0.29) is 17.9 Å². The van der Waals surface area contributed by atoms with Crippen LogP contribution in [-0.4, -0.2) is 45.3 Å². The van der Waals surface area contributed by atoms with Gasteiger partial charge in [0.05, 0.1) is 17.8 Å². The topological polar surface area (TPSA) is 85.3 Å². The Labute approximate surface area is 161 Å². The van der Waals surface area contributed by atoms with Crippen molar-refractivity contribution in [3.05, 3.63) is 46.6 Å². The third-order valence-corrected chi connectivity index (χ3v) is 5.96. The van der Waals surface area contributed by atoms with Gasteiger partial charge in [-0.2, -0.15) is 5.10 Å². The van der Waals surface area contributed by atoms with E-state index in [1.165, 1.54) is 0 Å². The van der Waals surface area contributed by atoms with Crippen LogP contribution in [0.2, 0.25) is 0 Å². The van der Waals surface area contributed by atoms with Gasteiger partial charge in [0.1, 0.15) is 5.82 Å². The van der Waals surface area contributed by atoms with E-state index in [1.54, 1.807) is 10.6 Å². The molecule has 1 fully saturated rings. The van der Waals surface area contributed by atoms with Gasteiger partial charge < -0.3 is 14.6 Å². The van der Waals surface area contributed by atoms with Gasteiger partial charge in [-0.15, -0.1) is 0 Å². The van der Waals surface area contributed by atoms with Crippen LogP contribution in [0.5, 0.6) is 0 Å². The molecule has 0 bridgehead atoms. The second kappa shape index (κ2) is 6.63. The number of carbonyl (C=O) groups excluding carboxylic acids is 1. The van der Waals surface area contributed by atoms with Crippen molar-refractivity contribution in [2.24, 2.45) is 0 Å². The number of para-hydroxylation sites is 2. The van der Waals surface area contributed by atoms with E-state index < -0.39 is 5.76 Å². The number of likely N-dealkylation sites (tertiary alicyclic amines) is 1. The summed E-state index contributed by atoms with van der Waals surface area (Å²) in [6.07, 6.45) is 4.21. The fourth-order valence-corrected chi connectivity index (χ4v) is 4.41. The van der Waals surface area contributed by atoms with Crippen LogP contribution in [0, 0.1) is 0 Å². The maximum Gasteiger partial charge on any atom is 0.419 e. The standard InChI is InChI=1S/C20H23N5O3/c1-23-8-6-14(7-9-23)25-19-15(11-21-25)13(10-18(26)22-19)12-24-16-4-2-3-5-17(16)28-20(24)27/h2-5,11,13-14H,6-10,12H2,1H3,(H,22,26)/t13-/m1/s1. The normalized spacial score (nSPS) is 21.0. The molecular weight excluding hydrogens is 358 g/mol. The molecule has 0 unspecified atom stereocenters. The van der Waals surface area contributed by atoms with Crippen LogP contribution in [0.3, 0.4) is 0 Å². The first-order valence-electron chi connectivity index (χ1n) is 9.74. The molecule has 0 saturated carbocycles. The van der Waals surface area contributed by atoms with Crippen LogP contribution >= 0.6 is 0 Å². The Hall–Kier alpha value is -2.87. The first-order valence-corrected chi connectivity index (χ1v) is 9.74. The molecule has 3 aromatic rings. The highest BCUT2D eigenvalue weighted by atomic mass is 16.4. The van der Waals surface area contributed by atoms with E-state index in [2.05, 4.69) is 22.4 Å². The van der Waals surface area contributed by atoms with Gasteiger partial charge in [-0.05, 0) is 45.1 Å². The van der Waals surface area contributed by atoms with E-state index in [1.807, 2.05) is 29.1 Å². The number of hydrogen-bond acceptors (Lipinski definition) is 5. The van der Waals surface area contributed by atoms with E-state index in [0.717, 1.165) is 42.8 Å². The summed E-state index contributed by atoms with van der Waals surface area (Å²) in [7, 11) is 2.12. The van der Waals surface area contributed by atoms with E-state index >= 15 is 0 Å². The highest BCUT2D eigenvalue weighted by Gasteiger charge is 2.32. The third kappa shape index (κ3) is 2.84. The van der Waals surface area contributed by atoms with Crippen LogP contribution in [-0.2, 0) is 11.3 Å². The van der Waals surface area contributed by atoms with E-state index in [4.69, 9.17) is 4.42 Å². The van der Waals surface area contributed by atoms with Gasteiger partial charge in [0.25, 0.3) is 0 Å². The number of benzene rings is 1. The van der Waals surface area contributed by atoms with Crippen LogP contribution in [0.1, 0.15) is 36.8 Å². The van der Waals surface area contributed by atoms with E-state index in [9.17, 15) is 9.59 Å². The summed E-state index contributed by atoms with van der Waals surface area (Å²) in [5.74, 6) is 0.253. The molecule has 4 heterocycles. The number of piperidine rings is 1. The predicted octanol–water partition coefficient (Wildman–Crippen LogP) is 2.18. The van der Waals surface area contributed by atoms with Crippen molar-refractivity contribution in [2.75, 3.05) is 25.5 Å². The van der Waals surface area contributed by atoms with Gasteiger partial charge in [0, 0.05) is 24.4 Å². The fraction of sp³-hybridized carbons (Fsp3) is 0.450. The van der Waals surface area contributed by atoms with Crippen LogP contribution in [0.25, 0.3) is 11.1 Å². The number of aromatic nitrogens is 3. The zero-order valence-corrected chi connectivity index (χ0v) is 15.8. The predicted molar refractivity (Wildman–Crippen MR) is 104 cm³/mol. The average Bonchev–Trinajstić information content (AvgIpc) is 3.24. The number of nitrogens with one attached hydrogen (secondary N) is 1. The van der Waals surface area contributed by atoms with Gasteiger partial charge in [0.2, 0.25) is 5.91 Å². The summed E-state index contributed by atoms with van der Waals surface area (Å²) in [5.41, 5.74) is 2.31. The molecule has 2 aliphatic heterocycles. The highest BCUT2D eigenvalue weighted by molar-refractivity contribution is 5.93. The molecule has 1 N–H and O–H groups in total. The minimum atomic E-state index is -0.392. The Balaban J connectivity index is 1.49. The zero-order chi connectivity index (χ0) is 19.3. The monoisotopic (exact) mass is 381 g/mol. The summed E-state index contributed by atoms with van der Waals surface area (Å²) >= 11 is 0. The molecular formula is C20H23N5O3. The molecule has 2 aromatic heterocycles. The molecule has 5 rings (SSSR count). The maximum absolute atomic E-state index is 12.4. The number of amides is 1. The minimum Gasteiger partial charge on any atom is -0.408 e. The Morgan fingerprint density at radius 3 is 2.82 bits per heavy atom. The number of hydrogen-bond donors (Lipinski definition) is 1. The molecule has 8 heteroatoms. The number of anilines is 1. The molecule has 146 valence electrons. The SMILES string of the molecule is CN1CCC(n2ncc3c2NC(=O)C[C@@H]3Cn2c(=O)oc3ccccc32)CC1. The fourth-order valence-electron chi connectivity index (χ4n) is 4.41. The molecule has 2 aliphatic rings. The van der Waals surface area contributed by atoms with Gasteiger partial charge in [-0.3, -0.25) is 9.36 Å². The number of nitrogens with zero attached hydrogens (tertiary/aromatic N) is 4. The lowest BCUT2D eigenvalue weighted by molar-refractivity contribution is -0.117. The van der Waals surface area contributed by atoms with Crippen molar-refractivity contribution in [3.8, 4) is 0 Å². The molecule has 1 aromatic carbocycles. The van der Waals surface area contributed by atoms with E-state index in [0.29, 0.717) is 18.5 Å². The van der Waals surface area contributed by atoms with Crippen LogP contribution in [0.4, 0.5) is 5.82 Å². The summed E-state index contributed by atoms with van der Waals surface area (Å²) in [4.78, 5) is 27.1. The largest absolute Gasteiger partial charge is 0.419 e. The Bertz CT molecular complexity index is 1090.